The molecule has 1 amide bonds. The molecule has 1 N–H and O–H groups in total. The third-order valence-corrected chi connectivity index (χ3v) is 2.31. The molecule has 0 unspecified atom stereocenters. The number of carbonyl (C=O) groups is 1. The maximum absolute atomic E-state index is 13.2. The summed E-state index contributed by atoms with van der Waals surface area (Å²) in [6.45, 7) is 0. The molecule has 0 atom stereocenters. The summed E-state index contributed by atoms with van der Waals surface area (Å²) in [5.41, 5.74) is 0.176. The first-order valence-corrected chi connectivity index (χ1v) is 5.08. The van der Waals surface area contributed by atoms with Crippen LogP contribution in [0, 0.1) is 5.95 Å². The molecule has 86 valence electrons. The Labute approximate surface area is 101 Å². The van der Waals surface area contributed by atoms with E-state index in [4.69, 9.17) is 11.6 Å². The van der Waals surface area contributed by atoms with Gasteiger partial charge in [0.15, 0.2) is 5.15 Å². The van der Waals surface area contributed by atoms with Crippen molar-refractivity contribution in [1.82, 2.24) is 9.97 Å². The molecule has 0 aromatic carbocycles. The van der Waals surface area contributed by atoms with Crippen molar-refractivity contribution in [2.45, 2.75) is 0 Å². The molecule has 0 aliphatic rings. The maximum Gasteiger partial charge on any atom is 0.260 e. The number of nitrogens with one attached hydrogen (secondary N) is 1. The van der Waals surface area contributed by atoms with Crippen LogP contribution in [-0.2, 0) is 0 Å². The van der Waals surface area contributed by atoms with Crippen LogP contribution >= 0.6 is 11.6 Å². The second-order valence-corrected chi connectivity index (χ2v) is 3.50. The molecule has 2 aromatic rings. The lowest BCUT2D eigenvalue weighted by molar-refractivity contribution is 0.102. The van der Waals surface area contributed by atoms with Crippen LogP contribution in [0.5, 0.6) is 0 Å². The largest absolute Gasteiger partial charge is 0.319 e. The molecule has 0 bridgehead atoms. The van der Waals surface area contributed by atoms with Gasteiger partial charge in [0.2, 0.25) is 5.95 Å². The third kappa shape index (κ3) is 2.57. The Kier molecular flexibility index (Phi) is 3.30. The summed E-state index contributed by atoms with van der Waals surface area (Å²) >= 11 is 5.76. The van der Waals surface area contributed by atoms with Crippen molar-refractivity contribution in [1.29, 1.82) is 0 Å². The van der Waals surface area contributed by atoms with Crippen LogP contribution in [0.3, 0.4) is 0 Å². The Balaban J connectivity index is 2.24. The second-order valence-electron chi connectivity index (χ2n) is 3.14. The Morgan fingerprint density at radius 2 is 1.94 bits per heavy atom. The minimum absolute atomic E-state index is 0.144. The Morgan fingerprint density at radius 1 is 1.24 bits per heavy atom. The van der Waals surface area contributed by atoms with Crippen molar-refractivity contribution in [2.75, 3.05) is 5.32 Å². The zero-order chi connectivity index (χ0) is 12.3. The molecule has 0 aliphatic carbocycles. The predicted molar refractivity (Wildman–Crippen MR) is 61.4 cm³/mol. The Morgan fingerprint density at radius 3 is 2.65 bits per heavy atom. The lowest BCUT2D eigenvalue weighted by Gasteiger charge is -2.06. The lowest BCUT2D eigenvalue weighted by Crippen LogP contribution is -2.14. The quantitative estimate of drug-likeness (QED) is 0.835. The summed E-state index contributed by atoms with van der Waals surface area (Å²) in [7, 11) is 0. The molecular weight excluding hydrogens is 245 g/mol. The smallest absolute Gasteiger partial charge is 0.260 e. The average molecular weight is 252 g/mol. The van der Waals surface area contributed by atoms with Crippen LogP contribution < -0.4 is 5.32 Å². The zero-order valence-corrected chi connectivity index (χ0v) is 9.28. The highest BCUT2D eigenvalue weighted by molar-refractivity contribution is 6.32. The van der Waals surface area contributed by atoms with E-state index < -0.39 is 11.9 Å². The van der Waals surface area contributed by atoms with Gasteiger partial charge in [0.25, 0.3) is 5.91 Å². The van der Waals surface area contributed by atoms with Gasteiger partial charge >= 0.3 is 0 Å². The number of hydrogen-bond donors (Lipinski definition) is 1. The van der Waals surface area contributed by atoms with Crippen LogP contribution in [0.25, 0.3) is 0 Å². The van der Waals surface area contributed by atoms with Crippen molar-refractivity contribution in [3.8, 4) is 0 Å². The highest BCUT2D eigenvalue weighted by Gasteiger charge is 2.13. The highest BCUT2D eigenvalue weighted by atomic mass is 35.5. The number of nitrogens with zero attached hydrogens (tertiary/aromatic N) is 2. The van der Waals surface area contributed by atoms with E-state index in [1.54, 1.807) is 12.1 Å². The van der Waals surface area contributed by atoms with Crippen molar-refractivity contribution < 1.29 is 9.18 Å². The molecule has 0 aliphatic heterocycles. The molecule has 0 saturated carbocycles. The number of rotatable bonds is 2. The second kappa shape index (κ2) is 4.88. The van der Waals surface area contributed by atoms with Crippen LogP contribution in [0.1, 0.15) is 10.4 Å². The van der Waals surface area contributed by atoms with Gasteiger partial charge in [-0.2, -0.15) is 4.39 Å². The Bertz CT molecular complexity index is 562. The third-order valence-electron chi connectivity index (χ3n) is 2.01. The van der Waals surface area contributed by atoms with E-state index in [9.17, 15) is 9.18 Å². The molecule has 0 saturated heterocycles. The fourth-order valence-corrected chi connectivity index (χ4v) is 1.39. The number of aromatic nitrogens is 2. The standard InChI is InChI=1S/C11H7ClFN3O/c12-9-8(4-2-5-14-9)16-11(17)7-3-1-6-15-10(7)13/h1-6H,(H,16,17). The Hall–Kier alpha value is -2.01. The summed E-state index contributed by atoms with van der Waals surface area (Å²) in [5.74, 6) is -1.45. The van der Waals surface area contributed by atoms with E-state index in [-0.39, 0.29) is 10.7 Å². The number of halogens is 2. The summed E-state index contributed by atoms with van der Waals surface area (Å²) in [6.07, 6.45) is 2.76. The fourth-order valence-electron chi connectivity index (χ4n) is 1.22. The number of carbonyl (C=O) groups excluding carboxylic acids is 1. The summed E-state index contributed by atoms with van der Waals surface area (Å²) < 4.78 is 13.2. The average Bonchev–Trinajstić information content (AvgIpc) is 2.32. The molecule has 0 spiro atoms. The van der Waals surface area contributed by atoms with Crippen molar-refractivity contribution >= 4 is 23.2 Å². The van der Waals surface area contributed by atoms with Gasteiger partial charge in [-0.15, -0.1) is 0 Å². The van der Waals surface area contributed by atoms with Gasteiger partial charge in [-0.25, -0.2) is 9.97 Å². The number of anilines is 1. The number of hydrogen-bond acceptors (Lipinski definition) is 3. The summed E-state index contributed by atoms with van der Waals surface area (Å²) in [5, 5.41) is 2.60. The minimum atomic E-state index is -0.829. The monoisotopic (exact) mass is 251 g/mol. The van der Waals surface area contributed by atoms with Gasteiger partial charge in [-0.1, -0.05) is 11.6 Å². The van der Waals surface area contributed by atoms with E-state index in [1.807, 2.05) is 0 Å². The van der Waals surface area contributed by atoms with Gasteiger partial charge in [-0.05, 0) is 24.3 Å². The van der Waals surface area contributed by atoms with E-state index in [1.165, 1.54) is 24.5 Å². The van der Waals surface area contributed by atoms with Crippen molar-refractivity contribution in [2.24, 2.45) is 0 Å². The minimum Gasteiger partial charge on any atom is -0.319 e. The molecule has 2 aromatic heterocycles. The first-order valence-electron chi connectivity index (χ1n) is 4.71. The normalized spacial score (nSPS) is 10.0. The van der Waals surface area contributed by atoms with E-state index in [0.717, 1.165) is 0 Å². The van der Waals surface area contributed by atoms with Crippen LogP contribution in [0.2, 0.25) is 5.15 Å². The van der Waals surface area contributed by atoms with Crippen LogP contribution in [0.4, 0.5) is 10.1 Å². The molecule has 6 heteroatoms. The van der Waals surface area contributed by atoms with E-state index in [0.29, 0.717) is 5.69 Å². The van der Waals surface area contributed by atoms with Gasteiger partial charge in [0, 0.05) is 12.4 Å². The van der Waals surface area contributed by atoms with Crippen LogP contribution in [-0.4, -0.2) is 15.9 Å². The maximum atomic E-state index is 13.2. The van der Waals surface area contributed by atoms with Gasteiger partial charge < -0.3 is 5.32 Å². The molecule has 0 radical (unpaired) electrons. The fraction of sp³-hybridized carbons (Fsp3) is 0. The zero-order valence-electron chi connectivity index (χ0n) is 8.52. The molecule has 17 heavy (non-hydrogen) atoms. The van der Waals surface area contributed by atoms with Crippen molar-refractivity contribution in [3.63, 3.8) is 0 Å². The topological polar surface area (TPSA) is 54.9 Å². The summed E-state index contributed by atoms with van der Waals surface area (Å²) in [4.78, 5) is 18.9. The molecule has 2 rings (SSSR count). The van der Waals surface area contributed by atoms with E-state index in [2.05, 4.69) is 15.3 Å². The van der Waals surface area contributed by atoms with Crippen molar-refractivity contribution in [3.05, 3.63) is 53.3 Å². The van der Waals surface area contributed by atoms with Gasteiger partial charge in [0.05, 0.1) is 11.3 Å². The predicted octanol–water partition coefficient (Wildman–Crippen LogP) is 2.52. The first kappa shape index (κ1) is 11.5. The van der Waals surface area contributed by atoms with E-state index >= 15 is 0 Å². The summed E-state index contributed by atoms with van der Waals surface area (Å²) in [6, 6.07) is 5.99. The molecule has 4 nitrogen and oxygen atoms in total. The molecule has 2 heterocycles. The molecular formula is C11H7ClFN3O. The first-order chi connectivity index (χ1) is 8.18. The number of amides is 1. The van der Waals surface area contributed by atoms with Gasteiger partial charge in [-0.3, -0.25) is 4.79 Å². The SMILES string of the molecule is O=C(Nc1cccnc1Cl)c1cccnc1F. The van der Waals surface area contributed by atoms with Crippen LogP contribution in [0.15, 0.2) is 36.7 Å². The lowest BCUT2D eigenvalue weighted by atomic mass is 10.2. The highest BCUT2D eigenvalue weighted by Crippen LogP contribution is 2.18. The molecule has 0 fully saturated rings. The number of pyridine rings is 2. The van der Waals surface area contributed by atoms with Gasteiger partial charge in [0.1, 0.15) is 0 Å².